The first kappa shape index (κ1) is 12.5. The van der Waals surface area contributed by atoms with Crippen LogP contribution in [0.2, 0.25) is 0 Å². The van der Waals surface area contributed by atoms with Crippen LogP contribution in [0.4, 0.5) is 6.01 Å². The van der Waals surface area contributed by atoms with Gasteiger partial charge in [0.25, 0.3) is 10.0 Å². The number of halogens is 1. The molecule has 2 heterocycles. The Labute approximate surface area is 110 Å². The predicted octanol–water partition coefficient (Wildman–Crippen LogP) is 2.31. The summed E-state index contributed by atoms with van der Waals surface area (Å²) in [6.45, 7) is 3.42. The van der Waals surface area contributed by atoms with Crippen molar-refractivity contribution in [1.29, 1.82) is 0 Å². The first-order chi connectivity index (χ1) is 7.88. The van der Waals surface area contributed by atoms with Gasteiger partial charge >= 0.3 is 6.01 Å². The zero-order valence-corrected chi connectivity index (χ0v) is 12.1. The van der Waals surface area contributed by atoms with Crippen molar-refractivity contribution in [3.63, 3.8) is 0 Å². The van der Waals surface area contributed by atoms with E-state index in [0.717, 1.165) is 20.7 Å². The molecule has 0 aliphatic heterocycles. The van der Waals surface area contributed by atoms with Gasteiger partial charge in [0, 0.05) is 0 Å². The van der Waals surface area contributed by atoms with Crippen molar-refractivity contribution in [2.45, 2.75) is 18.1 Å². The number of nitrogens with one attached hydrogen (secondary N) is 1. The Bertz CT molecular complexity index is 627. The van der Waals surface area contributed by atoms with E-state index in [-0.39, 0.29) is 10.2 Å². The number of hydrogen-bond acceptors (Lipinski definition) is 6. The van der Waals surface area contributed by atoms with Gasteiger partial charge in [-0.25, -0.2) is 13.1 Å². The Hall–Kier alpha value is -0.930. The summed E-state index contributed by atoms with van der Waals surface area (Å²) < 4.78 is 31.7. The molecule has 0 unspecified atom stereocenters. The molecule has 0 atom stereocenters. The van der Waals surface area contributed by atoms with E-state index in [1.807, 2.05) is 6.92 Å². The lowest BCUT2D eigenvalue weighted by Crippen LogP contribution is -2.11. The van der Waals surface area contributed by atoms with Crippen LogP contribution in [0.25, 0.3) is 0 Å². The molecule has 0 spiro atoms. The molecule has 0 aliphatic carbocycles. The van der Waals surface area contributed by atoms with Crippen LogP contribution >= 0.6 is 27.3 Å². The smallest absolute Gasteiger partial charge is 0.314 e. The molecule has 2 rings (SSSR count). The Morgan fingerprint density at radius 2 is 2.18 bits per heavy atom. The molecule has 6 nitrogen and oxygen atoms in total. The molecule has 0 radical (unpaired) electrons. The maximum atomic E-state index is 11.9. The normalized spacial score (nSPS) is 11.7. The third-order valence-electron chi connectivity index (χ3n) is 1.85. The highest BCUT2D eigenvalue weighted by Crippen LogP contribution is 2.31. The molecule has 0 saturated heterocycles. The molecular weight excluding hydrogens is 330 g/mol. The van der Waals surface area contributed by atoms with Gasteiger partial charge in [-0.2, -0.15) is 4.98 Å². The molecule has 2 aromatic heterocycles. The monoisotopic (exact) mass is 337 g/mol. The van der Waals surface area contributed by atoms with E-state index >= 15 is 0 Å². The van der Waals surface area contributed by atoms with Crippen molar-refractivity contribution in [3.05, 3.63) is 21.2 Å². The van der Waals surface area contributed by atoms with Crippen molar-refractivity contribution in [1.82, 2.24) is 10.1 Å². The number of sulfonamides is 1. The van der Waals surface area contributed by atoms with Gasteiger partial charge in [0.2, 0.25) is 0 Å². The zero-order valence-electron chi connectivity index (χ0n) is 8.89. The second kappa shape index (κ2) is 4.39. The number of aryl methyl sites for hydroxylation is 2. The molecule has 17 heavy (non-hydrogen) atoms. The Balaban J connectivity index is 2.31. The van der Waals surface area contributed by atoms with Crippen LogP contribution < -0.4 is 4.72 Å². The van der Waals surface area contributed by atoms with Crippen LogP contribution in [0.1, 0.15) is 11.4 Å². The highest BCUT2D eigenvalue weighted by molar-refractivity contribution is 9.11. The van der Waals surface area contributed by atoms with E-state index in [9.17, 15) is 8.42 Å². The number of hydrogen-bond donors (Lipinski definition) is 1. The molecule has 2 aromatic rings. The fraction of sp³-hybridized carbons (Fsp3) is 0.250. The van der Waals surface area contributed by atoms with Crippen LogP contribution in [0, 0.1) is 13.8 Å². The predicted molar refractivity (Wildman–Crippen MR) is 66.6 cm³/mol. The largest absolute Gasteiger partial charge is 0.335 e. The first-order valence-electron chi connectivity index (χ1n) is 4.47. The summed E-state index contributed by atoms with van der Waals surface area (Å²) >= 11 is 4.40. The molecule has 0 aromatic carbocycles. The zero-order chi connectivity index (χ0) is 12.6. The van der Waals surface area contributed by atoms with Crippen LogP contribution in [-0.2, 0) is 10.0 Å². The average Bonchev–Trinajstić information content (AvgIpc) is 2.75. The molecule has 0 bridgehead atoms. The first-order valence-corrected chi connectivity index (χ1v) is 7.57. The summed E-state index contributed by atoms with van der Waals surface area (Å²) in [5.41, 5.74) is 0.858. The Kier molecular flexibility index (Phi) is 3.23. The van der Waals surface area contributed by atoms with Crippen LogP contribution in [-0.4, -0.2) is 18.6 Å². The van der Waals surface area contributed by atoms with Crippen LogP contribution in [0.5, 0.6) is 0 Å². The minimum atomic E-state index is -3.66. The molecule has 1 N–H and O–H groups in total. The maximum absolute atomic E-state index is 11.9. The Morgan fingerprint density at radius 3 is 2.65 bits per heavy atom. The molecule has 0 aliphatic rings. The molecule has 92 valence electrons. The van der Waals surface area contributed by atoms with Crippen LogP contribution in [0.3, 0.4) is 0 Å². The van der Waals surface area contributed by atoms with Gasteiger partial charge in [0.1, 0.15) is 4.21 Å². The van der Waals surface area contributed by atoms with Gasteiger partial charge in [0.05, 0.1) is 3.79 Å². The van der Waals surface area contributed by atoms with E-state index in [0.29, 0.717) is 5.82 Å². The van der Waals surface area contributed by atoms with E-state index in [2.05, 4.69) is 30.8 Å². The lowest BCUT2D eigenvalue weighted by molar-refractivity contribution is 0.429. The van der Waals surface area contributed by atoms with Crippen molar-refractivity contribution >= 4 is 43.3 Å². The van der Waals surface area contributed by atoms with Crippen molar-refractivity contribution in [2.24, 2.45) is 0 Å². The summed E-state index contributed by atoms with van der Waals surface area (Å²) in [5, 5.41) is 3.50. The third kappa shape index (κ3) is 2.67. The number of aromatic nitrogens is 2. The van der Waals surface area contributed by atoms with Gasteiger partial charge in [-0.15, -0.1) is 11.3 Å². The number of nitrogens with zero attached hydrogens (tertiary/aromatic N) is 2. The van der Waals surface area contributed by atoms with Gasteiger partial charge in [0.15, 0.2) is 5.82 Å². The van der Waals surface area contributed by atoms with Crippen molar-refractivity contribution in [3.8, 4) is 0 Å². The lowest BCUT2D eigenvalue weighted by Gasteiger charge is -1.99. The quantitative estimate of drug-likeness (QED) is 0.928. The van der Waals surface area contributed by atoms with Gasteiger partial charge < -0.3 is 4.52 Å². The molecule has 9 heteroatoms. The third-order valence-corrected chi connectivity index (χ3v) is 5.78. The van der Waals surface area contributed by atoms with Gasteiger partial charge in [-0.3, -0.25) is 0 Å². The molecule has 0 amide bonds. The Morgan fingerprint density at radius 1 is 1.47 bits per heavy atom. The van der Waals surface area contributed by atoms with Crippen LogP contribution in [0.15, 0.2) is 18.6 Å². The average molecular weight is 338 g/mol. The summed E-state index contributed by atoms with van der Waals surface area (Å²) in [6, 6.07) is 1.44. The van der Waals surface area contributed by atoms with E-state index in [4.69, 9.17) is 4.52 Å². The van der Waals surface area contributed by atoms with Crippen molar-refractivity contribution < 1.29 is 12.9 Å². The maximum Gasteiger partial charge on any atom is 0.335 e. The number of thiophene rings is 1. The summed E-state index contributed by atoms with van der Waals surface area (Å²) in [6.07, 6.45) is 0. The lowest BCUT2D eigenvalue weighted by atomic mass is 10.4. The molecule has 0 fully saturated rings. The summed E-state index contributed by atoms with van der Waals surface area (Å²) in [4.78, 5) is 3.78. The highest BCUT2D eigenvalue weighted by atomic mass is 79.9. The summed E-state index contributed by atoms with van der Waals surface area (Å²) in [7, 11) is -3.66. The second-order valence-electron chi connectivity index (χ2n) is 3.27. The minimum Gasteiger partial charge on any atom is -0.314 e. The SMILES string of the molecule is Cc1noc(NS(=O)(=O)c2cc(C)c(Br)s2)n1. The molecular formula is C8H8BrN3O3S2. The topological polar surface area (TPSA) is 85.1 Å². The fourth-order valence-electron chi connectivity index (χ4n) is 1.07. The fourth-order valence-corrected chi connectivity index (χ4v) is 4.22. The molecule has 0 saturated carbocycles. The standard InChI is InChI=1S/C8H8BrN3O3S2/c1-4-3-6(16-7(4)9)17(13,14)12-8-10-5(2)11-15-8/h3H,1-2H3,(H,10,11,12). The summed E-state index contributed by atoms with van der Waals surface area (Å²) in [5.74, 6) is 0.367. The number of anilines is 1. The van der Waals surface area contributed by atoms with Gasteiger partial charge in [-0.05, 0) is 41.4 Å². The van der Waals surface area contributed by atoms with E-state index in [1.165, 1.54) is 0 Å². The minimum absolute atomic E-state index is 0.135. The number of rotatable bonds is 3. The van der Waals surface area contributed by atoms with E-state index in [1.54, 1.807) is 13.0 Å². The highest BCUT2D eigenvalue weighted by Gasteiger charge is 2.20. The van der Waals surface area contributed by atoms with Crippen molar-refractivity contribution in [2.75, 3.05) is 4.72 Å². The van der Waals surface area contributed by atoms with Gasteiger partial charge in [-0.1, -0.05) is 5.16 Å². The second-order valence-corrected chi connectivity index (χ2v) is 7.55. The van der Waals surface area contributed by atoms with E-state index < -0.39 is 10.0 Å².